The first-order valence-corrected chi connectivity index (χ1v) is 13.6. The lowest BCUT2D eigenvalue weighted by atomic mass is 10.1. The molecule has 0 fully saturated rings. The molecular formula is C30H31N3O3S. The van der Waals surface area contributed by atoms with Crippen LogP contribution in [0.5, 0.6) is 0 Å². The molecule has 1 amide bonds. The molecule has 0 aliphatic heterocycles. The first-order valence-electron chi connectivity index (χ1n) is 12.2. The monoisotopic (exact) mass is 513 g/mol. The lowest BCUT2D eigenvalue weighted by Gasteiger charge is -2.24. The molecule has 4 aromatic rings. The van der Waals surface area contributed by atoms with Gasteiger partial charge in [0.25, 0.3) is 5.91 Å². The molecule has 0 bridgehead atoms. The summed E-state index contributed by atoms with van der Waals surface area (Å²) in [5.41, 5.74) is 6.68. The fourth-order valence-corrected chi connectivity index (χ4v) is 6.43. The van der Waals surface area contributed by atoms with Gasteiger partial charge in [0.2, 0.25) is 10.0 Å². The van der Waals surface area contributed by atoms with Gasteiger partial charge in [-0.2, -0.15) is 9.41 Å². The molecule has 37 heavy (non-hydrogen) atoms. The molecule has 0 aliphatic carbocycles. The molecule has 6 nitrogen and oxygen atoms in total. The SMILES string of the molecule is Cc1cc(C)c(S(=O)(=O)N(CCc2ccccc2)CC(=O)N/N=C/c2cccc3ccccc23)c(C)c1. The molecule has 0 saturated heterocycles. The third-order valence-corrected chi connectivity index (χ3v) is 8.38. The van der Waals surface area contributed by atoms with Crippen molar-refractivity contribution in [2.75, 3.05) is 13.1 Å². The van der Waals surface area contributed by atoms with Crippen molar-refractivity contribution in [1.82, 2.24) is 9.73 Å². The first kappa shape index (κ1) is 26.3. The standard InChI is InChI=1S/C30H31N3O3S/c1-22-18-23(2)30(24(3)19-22)37(35,36)33(17-16-25-10-5-4-6-11-25)21-29(34)32-31-20-27-14-9-13-26-12-7-8-15-28(26)27/h4-15,18-20H,16-17,21H2,1-3H3,(H,32,34)/b31-20+. The van der Waals surface area contributed by atoms with E-state index in [4.69, 9.17) is 0 Å². The fourth-order valence-electron chi connectivity index (χ4n) is 4.62. The molecule has 0 spiro atoms. The van der Waals surface area contributed by atoms with Crippen molar-refractivity contribution in [3.63, 3.8) is 0 Å². The van der Waals surface area contributed by atoms with E-state index in [1.165, 1.54) is 4.31 Å². The van der Waals surface area contributed by atoms with Crippen LogP contribution >= 0.6 is 0 Å². The Morgan fingerprint density at radius 1 is 0.892 bits per heavy atom. The van der Waals surface area contributed by atoms with Crippen molar-refractivity contribution in [1.29, 1.82) is 0 Å². The summed E-state index contributed by atoms with van der Waals surface area (Å²) < 4.78 is 28.8. The molecule has 4 aromatic carbocycles. The molecule has 0 aromatic heterocycles. The number of nitrogens with zero attached hydrogens (tertiary/aromatic N) is 2. The average Bonchev–Trinajstić information content (AvgIpc) is 2.86. The van der Waals surface area contributed by atoms with Crippen molar-refractivity contribution in [3.05, 3.63) is 113 Å². The van der Waals surface area contributed by atoms with E-state index in [-0.39, 0.29) is 18.0 Å². The van der Waals surface area contributed by atoms with Gasteiger partial charge >= 0.3 is 0 Å². The Bertz CT molecular complexity index is 1520. The summed E-state index contributed by atoms with van der Waals surface area (Å²) in [6, 6.07) is 27.1. The highest BCUT2D eigenvalue weighted by atomic mass is 32.2. The lowest BCUT2D eigenvalue weighted by Crippen LogP contribution is -2.41. The number of aryl methyl sites for hydroxylation is 3. The summed E-state index contributed by atoms with van der Waals surface area (Å²) in [6.45, 7) is 5.34. The first-order chi connectivity index (χ1) is 17.8. The number of hydrogen-bond donors (Lipinski definition) is 1. The number of fused-ring (bicyclic) bond motifs is 1. The number of sulfonamides is 1. The smallest absolute Gasteiger partial charge is 0.255 e. The minimum absolute atomic E-state index is 0.166. The van der Waals surface area contributed by atoms with Crippen molar-refractivity contribution in [2.45, 2.75) is 32.1 Å². The zero-order chi connectivity index (χ0) is 26.4. The molecule has 0 aliphatic rings. The molecule has 0 radical (unpaired) electrons. The third-order valence-electron chi connectivity index (χ3n) is 6.23. The van der Waals surface area contributed by atoms with Crippen LogP contribution in [0.2, 0.25) is 0 Å². The highest BCUT2D eigenvalue weighted by Gasteiger charge is 2.29. The van der Waals surface area contributed by atoms with E-state index in [0.29, 0.717) is 17.5 Å². The second kappa shape index (κ2) is 11.5. The Labute approximate surface area is 218 Å². The number of benzene rings is 4. The van der Waals surface area contributed by atoms with Crippen LogP contribution in [0.4, 0.5) is 0 Å². The molecule has 7 heteroatoms. The topological polar surface area (TPSA) is 78.8 Å². The van der Waals surface area contributed by atoms with Gasteiger partial charge in [-0.3, -0.25) is 4.79 Å². The van der Waals surface area contributed by atoms with E-state index in [1.54, 1.807) is 20.1 Å². The number of nitrogens with one attached hydrogen (secondary N) is 1. The fraction of sp³-hybridized carbons (Fsp3) is 0.200. The minimum atomic E-state index is -3.93. The minimum Gasteiger partial charge on any atom is -0.272 e. The predicted molar refractivity (Wildman–Crippen MR) is 149 cm³/mol. The quantitative estimate of drug-likeness (QED) is 0.248. The summed E-state index contributed by atoms with van der Waals surface area (Å²) in [7, 11) is -3.93. The molecule has 190 valence electrons. The van der Waals surface area contributed by atoms with Gasteiger partial charge in [0.05, 0.1) is 17.7 Å². The van der Waals surface area contributed by atoms with Crippen LogP contribution in [0.1, 0.15) is 27.8 Å². The van der Waals surface area contributed by atoms with Crippen LogP contribution in [-0.4, -0.2) is 37.9 Å². The molecule has 0 saturated carbocycles. The number of hydrazone groups is 1. The van der Waals surface area contributed by atoms with Crippen molar-refractivity contribution in [3.8, 4) is 0 Å². The number of rotatable bonds is 9. The third kappa shape index (κ3) is 6.31. The summed E-state index contributed by atoms with van der Waals surface area (Å²) in [4.78, 5) is 13.1. The Kier molecular flexibility index (Phi) is 8.16. The van der Waals surface area contributed by atoms with Crippen molar-refractivity contribution < 1.29 is 13.2 Å². The molecular weight excluding hydrogens is 482 g/mol. The van der Waals surface area contributed by atoms with Crippen LogP contribution in [0.3, 0.4) is 0 Å². The Balaban J connectivity index is 1.55. The van der Waals surface area contributed by atoms with Gasteiger partial charge in [0.1, 0.15) is 0 Å². The van der Waals surface area contributed by atoms with Crippen LogP contribution in [-0.2, 0) is 21.2 Å². The van der Waals surface area contributed by atoms with Crippen LogP contribution in [0.15, 0.2) is 94.9 Å². The average molecular weight is 514 g/mol. The van der Waals surface area contributed by atoms with Crippen LogP contribution < -0.4 is 5.43 Å². The predicted octanol–water partition coefficient (Wildman–Crippen LogP) is 5.15. The van der Waals surface area contributed by atoms with Gasteiger partial charge in [0.15, 0.2) is 0 Å². The van der Waals surface area contributed by atoms with E-state index >= 15 is 0 Å². The van der Waals surface area contributed by atoms with Crippen molar-refractivity contribution >= 4 is 32.9 Å². The van der Waals surface area contributed by atoms with E-state index in [2.05, 4.69) is 10.5 Å². The second-order valence-electron chi connectivity index (χ2n) is 9.16. The highest BCUT2D eigenvalue weighted by Crippen LogP contribution is 2.25. The molecule has 0 unspecified atom stereocenters. The maximum absolute atomic E-state index is 13.8. The number of carbonyl (C=O) groups is 1. The van der Waals surface area contributed by atoms with E-state index in [1.807, 2.05) is 91.9 Å². The normalized spacial score (nSPS) is 11.9. The molecule has 4 rings (SSSR count). The van der Waals surface area contributed by atoms with Crippen LogP contribution in [0.25, 0.3) is 10.8 Å². The van der Waals surface area contributed by atoms with Gasteiger partial charge in [-0.05, 0) is 54.7 Å². The van der Waals surface area contributed by atoms with Gasteiger partial charge in [-0.1, -0.05) is 90.5 Å². The maximum Gasteiger partial charge on any atom is 0.255 e. The van der Waals surface area contributed by atoms with Gasteiger partial charge in [0, 0.05) is 12.1 Å². The van der Waals surface area contributed by atoms with Gasteiger partial charge in [-0.15, -0.1) is 0 Å². The zero-order valence-electron chi connectivity index (χ0n) is 21.3. The summed E-state index contributed by atoms with van der Waals surface area (Å²) in [5.74, 6) is -0.504. The van der Waals surface area contributed by atoms with Crippen LogP contribution in [0, 0.1) is 20.8 Å². The Morgan fingerprint density at radius 3 is 2.27 bits per heavy atom. The highest BCUT2D eigenvalue weighted by molar-refractivity contribution is 7.89. The second-order valence-corrected chi connectivity index (χ2v) is 11.0. The molecule has 0 heterocycles. The molecule has 1 N–H and O–H groups in total. The lowest BCUT2D eigenvalue weighted by molar-refractivity contribution is -0.121. The van der Waals surface area contributed by atoms with Gasteiger partial charge < -0.3 is 0 Å². The number of amides is 1. The van der Waals surface area contributed by atoms with Crippen molar-refractivity contribution in [2.24, 2.45) is 5.10 Å². The largest absolute Gasteiger partial charge is 0.272 e. The van der Waals surface area contributed by atoms with E-state index < -0.39 is 15.9 Å². The number of carbonyl (C=O) groups excluding carboxylic acids is 1. The summed E-state index contributed by atoms with van der Waals surface area (Å²) >= 11 is 0. The van der Waals surface area contributed by atoms with E-state index in [9.17, 15) is 13.2 Å². The summed E-state index contributed by atoms with van der Waals surface area (Å²) in [6.07, 6.45) is 2.06. The number of hydrogen-bond acceptors (Lipinski definition) is 4. The Hall–Kier alpha value is -3.81. The van der Waals surface area contributed by atoms with E-state index in [0.717, 1.165) is 27.5 Å². The zero-order valence-corrected chi connectivity index (χ0v) is 22.1. The molecule has 0 atom stereocenters. The van der Waals surface area contributed by atoms with Gasteiger partial charge in [-0.25, -0.2) is 13.8 Å². The summed E-state index contributed by atoms with van der Waals surface area (Å²) in [5, 5.41) is 6.20. The Morgan fingerprint density at radius 2 is 1.54 bits per heavy atom. The maximum atomic E-state index is 13.8.